The predicted molar refractivity (Wildman–Crippen MR) is 96.5 cm³/mol. The van der Waals surface area contributed by atoms with Crippen molar-refractivity contribution in [1.82, 2.24) is 15.2 Å². The lowest BCUT2D eigenvalue weighted by atomic mass is 10.2. The Bertz CT molecular complexity index is 821. The number of hydrogen-bond donors (Lipinski definition) is 1. The van der Waals surface area contributed by atoms with Crippen molar-refractivity contribution in [3.05, 3.63) is 60.6 Å². The molecule has 0 aliphatic carbocycles. The standard InChI is InChI=1S/C19H20N4O2/c24-19(21-14-17-13-15-3-1-2-4-18(15)25-17)23-11-9-22(10-12-23)16-5-7-20-8-6-16/h1-8,13H,9-12,14H2,(H,21,24). The van der Waals surface area contributed by atoms with Gasteiger partial charge in [-0.3, -0.25) is 4.98 Å². The van der Waals surface area contributed by atoms with Crippen LogP contribution in [0.5, 0.6) is 0 Å². The average molecular weight is 336 g/mol. The zero-order valence-electron chi connectivity index (χ0n) is 13.9. The molecule has 0 spiro atoms. The van der Waals surface area contributed by atoms with Crippen LogP contribution in [0.2, 0.25) is 0 Å². The largest absolute Gasteiger partial charge is 0.459 e. The maximum absolute atomic E-state index is 12.4. The van der Waals surface area contributed by atoms with Gasteiger partial charge in [-0.2, -0.15) is 0 Å². The first kappa shape index (κ1) is 15.5. The molecule has 1 aliphatic rings. The highest BCUT2D eigenvalue weighted by molar-refractivity contribution is 5.78. The highest BCUT2D eigenvalue weighted by atomic mass is 16.3. The van der Waals surface area contributed by atoms with E-state index in [-0.39, 0.29) is 6.03 Å². The van der Waals surface area contributed by atoms with E-state index in [4.69, 9.17) is 4.42 Å². The van der Waals surface area contributed by atoms with Gasteiger partial charge in [0.15, 0.2) is 0 Å². The number of nitrogens with zero attached hydrogens (tertiary/aromatic N) is 3. The highest BCUT2D eigenvalue weighted by Crippen LogP contribution is 2.19. The van der Waals surface area contributed by atoms with E-state index in [1.54, 1.807) is 12.4 Å². The second kappa shape index (κ2) is 6.84. The maximum atomic E-state index is 12.4. The summed E-state index contributed by atoms with van der Waals surface area (Å²) in [6.45, 7) is 3.45. The number of urea groups is 1. The topological polar surface area (TPSA) is 61.6 Å². The van der Waals surface area contributed by atoms with Gasteiger partial charge in [0.2, 0.25) is 0 Å². The van der Waals surface area contributed by atoms with Crippen LogP contribution in [-0.4, -0.2) is 42.1 Å². The Balaban J connectivity index is 1.30. The van der Waals surface area contributed by atoms with Crippen molar-refractivity contribution in [2.75, 3.05) is 31.1 Å². The minimum absolute atomic E-state index is 0.0464. The molecular weight excluding hydrogens is 316 g/mol. The fraction of sp³-hybridized carbons (Fsp3) is 0.263. The quantitative estimate of drug-likeness (QED) is 0.799. The second-order valence-electron chi connectivity index (χ2n) is 6.09. The van der Waals surface area contributed by atoms with Gasteiger partial charge in [0.25, 0.3) is 0 Å². The fourth-order valence-corrected chi connectivity index (χ4v) is 3.12. The lowest BCUT2D eigenvalue weighted by Gasteiger charge is -2.35. The molecule has 6 nitrogen and oxygen atoms in total. The molecule has 1 N–H and O–H groups in total. The number of benzene rings is 1. The van der Waals surface area contributed by atoms with Gasteiger partial charge >= 0.3 is 6.03 Å². The zero-order chi connectivity index (χ0) is 17.1. The molecule has 1 aromatic carbocycles. The summed E-state index contributed by atoms with van der Waals surface area (Å²) in [6, 6.07) is 13.8. The van der Waals surface area contributed by atoms with Gasteiger partial charge in [0.05, 0.1) is 6.54 Å². The first-order valence-corrected chi connectivity index (χ1v) is 8.45. The van der Waals surface area contributed by atoms with Crippen molar-refractivity contribution in [2.24, 2.45) is 0 Å². The van der Waals surface area contributed by atoms with Crippen LogP contribution >= 0.6 is 0 Å². The van der Waals surface area contributed by atoms with Crippen LogP contribution in [0.3, 0.4) is 0 Å². The van der Waals surface area contributed by atoms with Gasteiger partial charge in [0.1, 0.15) is 11.3 Å². The molecule has 1 fully saturated rings. The molecule has 0 atom stereocenters. The number of anilines is 1. The Kier molecular flexibility index (Phi) is 4.24. The summed E-state index contributed by atoms with van der Waals surface area (Å²) in [6.07, 6.45) is 3.59. The molecule has 1 aliphatic heterocycles. The highest BCUT2D eigenvalue weighted by Gasteiger charge is 2.21. The number of nitrogens with one attached hydrogen (secondary N) is 1. The van der Waals surface area contributed by atoms with Gasteiger partial charge < -0.3 is 19.5 Å². The lowest BCUT2D eigenvalue weighted by molar-refractivity contribution is 0.193. The number of rotatable bonds is 3. The smallest absolute Gasteiger partial charge is 0.317 e. The van der Waals surface area contributed by atoms with Crippen LogP contribution < -0.4 is 10.2 Å². The average Bonchev–Trinajstić information content (AvgIpc) is 3.10. The molecule has 4 rings (SSSR count). The molecule has 128 valence electrons. The van der Waals surface area contributed by atoms with E-state index in [2.05, 4.69) is 15.2 Å². The van der Waals surface area contributed by atoms with Gasteiger partial charge in [-0.15, -0.1) is 0 Å². The van der Waals surface area contributed by atoms with Crippen molar-refractivity contribution < 1.29 is 9.21 Å². The minimum Gasteiger partial charge on any atom is -0.459 e. The number of carbonyl (C=O) groups excluding carboxylic acids is 1. The third kappa shape index (κ3) is 3.42. The lowest BCUT2D eigenvalue weighted by Crippen LogP contribution is -2.51. The van der Waals surface area contributed by atoms with E-state index in [1.807, 2.05) is 47.4 Å². The third-order valence-electron chi connectivity index (χ3n) is 4.49. The van der Waals surface area contributed by atoms with E-state index in [0.717, 1.165) is 35.5 Å². The van der Waals surface area contributed by atoms with Crippen molar-refractivity contribution in [3.8, 4) is 0 Å². The number of aromatic nitrogens is 1. The van der Waals surface area contributed by atoms with Crippen molar-refractivity contribution >= 4 is 22.7 Å². The number of hydrogen-bond acceptors (Lipinski definition) is 4. The molecule has 3 aromatic rings. The van der Waals surface area contributed by atoms with E-state index in [9.17, 15) is 4.79 Å². The predicted octanol–water partition coefficient (Wildman–Crippen LogP) is 2.86. The minimum atomic E-state index is -0.0464. The molecule has 0 radical (unpaired) electrons. The van der Waals surface area contributed by atoms with Crippen molar-refractivity contribution in [2.45, 2.75) is 6.54 Å². The van der Waals surface area contributed by atoms with Gasteiger partial charge in [-0.05, 0) is 24.3 Å². The summed E-state index contributed by atoms with van der Waals surface area (Å²) in [5.74, 6) is 0.768. The SMILES string of the molecule is O=C(NCc1cc2ccccc2o1)N1CCN(c2ccncc2)CC1. The molecule has 1 saturated heterocycles. The Morgan fingerprint density at radius 3 is 2.60 bits per heavy atom. The summed E-state index contributed by atoms with van der Waals surface area (Å²) in [4.78, 5) is 20.5. The fourth-order valence-electron chi connectivity index (χ4n) is 3.12. The number of pyridine rings is 1. The molecule has 0 bridgehead atoms. The maximum Gasteiger partial charge on any atom is 0.317 e. The molecule has 3 heterocycles. The van der Waals surface area contributed by atoms with Gasteiger partial charge in [-0.25, -0.2) is 4.79 Å². The normalized spacial score (nSPS) is 14.7. The molecule has 2 aromatic heterocycles. The zero-order valence-corrected chi connectivity index (χ0v) is 13.9. The monoisotopic (exact) mass is 336 g/mol. The Hall–Kier alpha value is -3.02. The van der Waals surface area contributed by atoms with Crippen LogP contribution in [0.1, 0.15) is 5.76 Å². The number of para-hydroxylation sites is 1. The molecule has 6 heteroatoms. The molecule has 25 heavy (non-hydrogen) atoms. The van der Waals surface area contributed by atoms with Gasteiger partial charge in [-0.1, -0.05) is 18.2 Å². The summed E-state index contributed by atoms with van der Waals surface area (Å²) < 4.78 is 5.73. The number of carbonyl (C=O) groups is 1. The summed E-state index contributed by atoms with van der Waals surface area (Å²) in [5.41, 5.74) is 2.00. The van der Waals surface area contributed by atoms with Crippen LogP contribution in [0.15, 0.2) is 59.3 Å². The summed E-state index contributed by atoms with van der Waals surface area (Å²) >= 11 is 0. The Morgan fingerprint density at radius 1 is 1.08 bits per heavy atom. The van der Waals surface area contributed by atoms with Crippen LogP contribution in [-0.2, 0) is 6.54 Å². The summed E-state index contributed by atoms with van der Waals surface area (Å²) in [7, 11) is 0. The molecule has 0 saturated carbocycles. The van der Waals surface area contributed by atoms with Crippen LogP contribution in [0.25, 0.3) is 11.0 Å². The van der Waals surface area contributed by atoms with Gasteiger partial charge in [0, 0.05) is 49.6 Å². The number of piperazine rings is 1. The number of fused-ring (bicyclic) bond motifs is 1. The third-order valence-corrected chi connectivity index (χ3v) is 4.49. The molecule has 0 unspecified atom stereocenters. The number of amides is 2. The molecular formula is C19H20N4O2. The first-order chi connectivity index (χ1) is 12.3. The van der Waals surface area contributed by atoms with Crippen LogP contribution in [0, 0.1) is 0 Å². The van der Waals surface area contributed by atoms with E-state index in [1.165, 1.54) is 0 Å². The van der Waals surface area contributed by atoms with Crippen molar-refractivity contribution in [1.29, 1.82) is 0 Å². The van der Waals surface area contributed by atoms with E-state index >= 15 is 0 Å². The van der Waals surface area contributed by atoms with Crippen molar-refractivity contribution in [3.63, 3.8) is 0 Å². The molecule has 2 amide bonds. The number of furan rings is 1. The Labute approximate surface area is 146 Å². The Morgan fingerprint density at radius 2 is 1.84 bits per heavy atom. The second-order valence-corrected chi connectivity index (χ2v) is 6.09. The van der Waals surface area contributed by atoms with E-state index in [0.29, 0.717) is 19.6 Å². The van der Waals surface area contributed by atoms with E-state index < -0.39 is 0 Å². The summed E-state index contributed by atoms with van der Waals surface area (Å²) in [5, 5.41) is 4.00. The first-order valence-electron chi connectivity index (χ1n) is 8.45. The van der Waals surface area contributed by atoms with Crippen LogP contribution in [0.4, 0.5) is 10.5 Å².